The number of ether oxygens (including phenoxy) is 1. The van der Waals surface area contributed by atoms with Gasteiger partial charge in [-0.05, 0) is 44.1 Å². The van der Waals surface area contributed by atoms with E-state index in [4.69, 9.17) is 4.74 Å². The second-order valence-corrected chi connectivity index (χ2v) is 9.30. The fourth-order valence-corrected chi connectivity index (χ4v) is 5.33. The number of sulfonamides is 1. The van der Waals surface area contributed by atoms with Crippen LogP contribution in [0.3, 0.4) is 0 Å². The third-order valence-corrected chi connectivity index (χ3v) is 7.40. The van der Waals surface area contributed by atoms with Crippen LogP contribution in [-0.4, -0.2) is 70.0 Å². The van der Waals surface area contributed by atoms with Gasteiger partial charge in [-0.3, -0.25) is 0 Å². The van der Waals surface area contributed by atoms with Gasteiger partial charge in [0.25, 0.3) is 10.0 Å². The second kappa shape index (κ2) is 9.93. The quantitative estimate of drug-likeness (QED) is 0.684. The molecule has 3 aliphatic rings. The number of piperidine rings is 1. The highest BCUT2D eigenvalue weighted by Gasteiger charge is 2.37. The predicted molar refractivity (Wildman–Crippen MR) is 98.2 cm³/mol. The van der Waals surface area contributed by atoms with E-state index in [1.807, 2.05) is 0 Å². The van der Waals surface area contributed by atoms with Crippen molar-refractivity contribution in [1.82, 2.24) is 14.9 Å². The molecule has 3 unspecified atom stereocenters. The average molecular weight is 418 g/mol. The number of hydrogen-bond acceptors (Lipinski definition) is 5. The zero-order valence-electron chi connectivity index (χ0n) is 14.9. The predicted octanol–water partition coefficient (Wildman–Crippen LogP) is 1.42. The van der Waals surface area contributed by atoms with Crippen molar-refractivity contribution in [2.75, 3.05) is 39.4 Å². The van der Waals surface area contributed by atoms with Crippen LogP contribution in [0.2, 0.25) is 0 Å². The summed E-state index contributed by atoms with van der Waals surface area (Å²) in [6.45, 7) is 3.69. The fraction of sp³-hybridized carbons (Fsp3) is 1.00. The molecule has 2 heterocycles. The number of morpholine rings is 1. The van der Waals surface area contributed by atoms with Crippen molar-refractivity contribution in [3.8, 4) is 0 Å². The van der Waals surface area contributed by atoms with Crippen molar-refractivity contribution >= 4 is 22.4 Å². The van der Waals surface area contributed by atoms with Crippen molar-refractivity contribution in [2.24, 2.45) is 11.8 Å². The molecule has 26 heavy (non-hydrogen) atoms. The van der Waals surface area contributed by atoms with Gasteiger partial charge in [0.2, 0.25) is 0 Å². The van der Waals surface area contributed by atoms with Crippen LogP contribution < -0.4 is 10.6 Å². The first kappa shape index (κ1) is 22.2. The molecule has 0 spiro atoms. The molecule has 2 N–H and O–H groups in total. The van der Waals surface area contributed by atoms with Crippen LogP contribution in [0, 0.1) is 11.8 Å². The molecule has 3 fully saturated rings. The van der Waals surface area contributed by atoms with Crippen LogP contribution >= 0.6 is 12.4 Å². The van der Waals surface area contributed by atoms with Crippen molar-refractivity contribution < 1.29 is 21.9 Å². The van der Waals surface area contributed by atoms with Gasteiger partial charge < -0.3 is 15.4 Å². The molecular formula is C16H30ClF2N3O3S. The number of rotatable bonds is 6. The molecule has 3 atom stereocenters. The zero-order chi connectivity index (χ0) is 17.9. The van der Waals surface area contributed by atoms with E-state index in [-0.39, 0.29) is 25.5 Å². The van der Waals surface area contributed by atoms with Gasteiger partial charge in [0.05, 0.1) is 13.2 Å². The molecule has 2 saturated heterocycles. The molecular weight excluding hydrogens is 388 g/mol. The van der Waals surface area contributed by atoms with Gasteiger partial charge in [-0.25, -0.2) is 8.42 Å². The standard InChI is InChI=1S/C16H29F2N3O3S.ClH/c17-16(18)25(22,23)21-7-4-12(5-8-21)10-20-14-3-1-2-13(14)15-11-24-9-6-19-15;/h12-16,19-20H,1-11H2;1H. The summed E-state index contributed by atoms with van der Waals surface area (Å²) in [6, 6.07) is 0.869. The lowest BCUT2D eigenvalue weighted by Gasteiger charge is -2.35. The van der Waals surface area contributed by atoms with Gasteiger partial charge >= 0.3 is 5.76 Å². The summed E-state index contributed by atoms with van der Waals surface area (Å²) in [5.74, 6) is -2.40. The Balaban J connectivity index is 0.00000243. The molecule has 0 bridgehead atoms. The minimum Gasteiger partial charge on any atom is -0.379 e. The van der Waals surface area contributed by atoms with Gasteiger partial charge in [0.15, 0.2) is 0 Å². The summed E-state index contributed by atoms with van der Waals surface area (Å²) in [4.78, 5) is 0. The Morgan fingerprint density at radius 2 is 1.92 bits per heavy atom. The maximum atomic E-state index is 12.6. The van der Waals surface area contributed by atoms with E-state index < -0.39 is 15.8 Å². The summed E-state index contributed by atoms with van der Waals surface area (Å²) in [6.07, 6.45) is 4.85. The van der Waals surface area contributed by atoms with Gasteiger partial charge in [-0.15, -0.1) is 12.4 Å². The molecule has 2 aliphatic heterocycles. The topological polar surface area (TPSA) is 70.7 Å². The van der Waals surface area contributed by atoms with Gasteiger partial charge in [-0.1, -0.05) is 6.42 Å². The molecule has 0 radical (unpaired) electrons. The smallest absolute Gasteiger partial charge is 0.350 e. The van der Waals surface area contributed by atoms with E-state index >= 15 is 0 Å². The summed E-state index contributed by atoms with van der Waals surface area (Å²) >= 11 is 0. The third kappa shape index (κ3) is 5.26. The molecule has 154 valence electrons. The van der Waals surface area contributed by atoms with Gasteiger partial charge in [0, 0.05) is 31.7 Å². The molecule has 0 aromatic carbocycles. The Morgan fingerprint density at radius 3 is 2.54 bits per heavy atom. The van der Waals surface area contributed by atoms with E-state index in [1.165, 1.54) is 12.8 Å². The number of nitrogens with one attached hydrogen (secondary N) is 2. The fourth-order valence-electron chi connectivity index (χ4n) is 4.38. The summed E-state index contributed by atoms with van der Waals surface area (Å²) in [7, 11) is -4.42. The largest absolute Gasteiger partial charge is 0.379 e. The highest BCUT2D eigenvalue weighted by Crippen LogP contribution is 2.30. The maximum Gasteiger partial charge on any atom is 0.350 e. The lowest BCUT2D eigenvalue weighted by Crippen LogP contribution is -2.51. The Morgan fingerprint density at radius 1 is 1.19 bits per heavy atom. The SMILES string of the molecule is Cl.O=S(=O)(C(F)F)N1CCC(CNC2CCCC2C2COCCN2)CC1. The van der Waals surface area contributed by atoms with Gasteiger partial charge in [0.1, 0.15) is 0 Å². The minimum absolute atomic E-state index is 0. The van der Waals surface area contributed by atoms with Gasteiger partial charge in [-0.2, -0.15) is 13.1 Å². The van der Waals surface area contributed by atoms with Crippen molar-refractivity contribution in [3.63, 3.8) is 0 Å². The summed E-state index contributed by atoms with van der Waals surface area (Å²) < 4.78 is 54.8. The minimum atomic E-state index is -4.42. The lowest BCUT2D eigenvalue weighted by molar-refractivity contribution is 0.0520. The number of alkyl halides is 2. The van der Waals surface area contributed by atoms with E-state index in [0.29, 0.717) is 36.8 Å². The molecule has 0 amide bonds. The first-order valence-electron chi connectivity index (χ1n) is 9.30. The summed E-state index contributed by atoms with van der Waals surface area (Å²) in [5.41, 5.74) is 0. The number of hydrogen-bond donors (Lipinski definition) is 2. The van der Waals surface area contributed by atoms with E-state index in [1.54, 1.807) is 0 Å². The lowest BCUT2D eigenvalue weighted by atomic mass is 9.92. The molecule has 1 saturated carbocycles. The monoisotopic (exact) mass is 417 g/mol. The van der Waals surface area contributed by atoms with E-state index in [0.717, 1.165) is 37.0 Å². The third-order valence-electron chi connectivity index (χ3n) is 5.86. The average Bonchev–Trinajstić information content (AvgIpc) is 3.09. The Hall–Kier alpha value is -0.0600. The van der Waals surface area contributed by atoms with Crippen molar-refractivity contribution in [1.29, 1.82) is 0 Å². The number of nitrogens with zero attached hydrogens (tertiary/aromatic N) is 1. The molecule has 3 rings (SSSR count). The molecule has 10 heteroatoms. The highest BCUT2D eigenvalue weighted by atomic mass is 35.5. The Labute approximate surface area is 160 Å². The molecule has 1 aliphatic carbocycles. The first-order chi connectivity index (χ1) is 12.0. The van der Waals surface area contributed by atoms with Crippen LogP contribution in [0.25, 0.3) is 0 Å². The summed E-state index contributed by atoms with van der Waals surface area (Å²) in [5, 5.41) is 7.22. The highest BCUT2D eigenvalue weighted by molar-refractivity contribution is 7.89. The van der Waals surface area contributed by atoms with Crippen LogP contribution in [0.1, 0.15) is 32.1 Å². The number of halogens is 3. The van der Waals surface area contributed by atoms with Crippen LogP contribution in [0.15, 0.2) is 0 Å². The van der Waals surface area contributed by atoms with Crippen molar-refractivity contribution in [2.45, 2.75) is 49.9 Å². The zero-order valence-corrected chi connectivity index (χ0v) is 16.5. The van der Waals surface area contributed by atoms with Crippen LogP contribution in [0.5, 0.6) is 0 Å². The van der Waals surface area contributed by atoms with Crippen LogP contribution in [-0.2, 0) is 14.8 Å². The van der Waals surface area contributed by atoms with E-state index in [9.17, 15) is 17.2 Å². The molecule has 0 aromatic rings. The van der Waals surface area contributed by atoms with E-state index in [2.05, 4.69) is 10.6 Å². The molecule has 6 nitrogen and oxygen atoms in total. The van der Waals surface area contributed by atoms with Crippen molar-refractivity contribution in [3.05, 3.63) is 0 Å². The molecule has 0 aromatic heterocycles. The van der Waals surface area contributed by atoms with Crippen LogP contribution in [0.4, 0.5) is 8.78 Å². The maximum absolute atomic E-state index is 12.6. The first-order valence-corrected chi connectivity index (χ1v) is 10.8. The Bertz CT molecular complexity index is 527. The second-order valence-electron chi connectivity index (χ2n) is 7.39. The Kier molecular flexibility index (Phi) is 8.49. The normalized spacial score (nSPS) is 31.9.